The summed E-state index contributed by atoms with van der Waals surface area (Å²) in [6, 6.07) is 8.61. The van der Waals surface area contributed by atoms with Gasteiger partial charge in [0.15, 0.2) is 5.96 Å². The molecule has 130 valence electrons. The van der Waals surface area contributed by atoms with Crippen LogP contribution in [0.2, 0.25) is 0 Å². The average molecular weight is 432 g/mol. The van der Waals surface area contributed by atoms with Crippen LogP contribution in [-0.2, 0) is 17.8 Å². The minimum Gasteiger partial charge on any atom is -0.379 e. The van der Waals surface area contributed by atoms with Crippen molar-refractivity contribution in [3.05, 3.63) is 35.4 Å². The van der Waals surface area contributed by atoms with Crippen molar-refractivity contribution >= 4 is 29.9 Å². The van der Waals surface area contributed by atoms with E-state index in [1.807, 2.05) is 38.0 Å². The lowest BCUT2D eigenvalue weighted by Crippen LogP contribution is -2.36. The molecule has 1 saturated heterocycles. The van der Waals surface area contributed by atoms with Gasteiger partial charge in [-0.2, -0.15) is 0 Å². The van der Waals surface area contributed by atoms with Crippen LogP contribution in [0.4, 0.5) is 0 Å². The number of hydrogen-bond acceptors (Lipinski definition) is 3. The smallest absolute Gasteiger partial charge is 0.195 e. The summed E-state index contributed by atoms with van der Waals surface area (Å²) in [5, 5.41) is 0. The van der Waals surface area contributed by atoms with Crippen LogP contribution in [0.25, 0.3) is 0 Å². The predicted octanol–water partition coefficient (Wildman–Crippen LogP) is 2.12. The van der Waals surface area contributed by atoms with Gasteiger partial charge < -0.3 is 14.5 Å². The Labute approximate surface area is 157 Å². The molecule has 0 N–H and O–H groups in total. The second-order valence-corrected chi connectivity index (χ2v) is 6.06. The second kappa shape index (κ2) is 10.1. The molecular formula is C17H29IN4O. The molecule has 0 spiro atoms. The average Bonchev–Trinajstić information content (AvgIpc) is 2.49. The van der Waals surface area contributed by atoms with E-state index in [0.29, 0.717) is 6.54 Å². The molecule has 1 fully saturated rings. The number of aliphatic imine (C=N–C) groups is 1. The number of ether oxygens (including phenoxy) is 1. The van der Waals surface area contributed by atoms with E-state index < -0.39 is 0 Å². The lowest BCUT2D eigenvalue weighted by atomic mass is 10.1. The van der Waals surface area contributed by atoms with Crippen LogP contribution in [0, 0.1) is 0 Å². The van der Waals surface area contributed by atoms with E-state index >= 15 is 0 Å². The third-order valence-electron chi connectivity index (χ3n) is 3.81. The first-order valence-electron chi connectivity index (χ1n) is 7.84. The molecule has 1 heterocycles. The van der Waals surface area contributed by atoms with E-state index in [4.69, 9.17) is 9.73 Å². The largest absolute Gasteiger partial charge is 0.379 e. The van der Waals surface area contributed by atoms with Gasteiger partial charge in [-0.25, -0.2) is 4.99 Å². The van der Waals surface area contributed by atoms with Gasteiger partial charge in [0.2, 0.25) is 0 Å². The normalized spacial score (nSPS) is 14.8. The van der Waals surface area contributed by atoms with Crippen molar-refractivity contribution in [2.45, 2.75) is 13.1 Å². The van der Waals surface area contributed by atoms with Crippen LogP contribution < -0.4 is 0 Å². The van der Waals surface area contributed by atoms with Crippen molar-refractivity contribution < 1.29 is 4.74 Å². The summed E-state index contributed by atoms with van der Waals surface area (Å²) < 4.78 is 5.42. The van der Waals surface area contributed by atoms with Crippen LogP contribution in [-0.4, -0.2) is 75.2 Å². The fourth-order valence-corrected chi connectivity index (χ4v) is 2.70. The summed E-state index contributed by atoms with van der Waals surface area (Å²) in [6.07, 6.45) is 0. The zero-order valence-electron chi connectivity index (χ0n) is 14.7. The lowest BCUT2D eigenvalue weighted by Gasteiger charge is -2.27. The first-order valence-corrected chi connectivity index (χ1v) is 7.84. The third-order valence-corrected chi connectivity index (χ3v) is 3.81. The number of hydrogen-bond donors (Lipinski definition) is 0. The van der Waals surface area contributed by atoms with Crippen molar-refractivity contribution in [2.24, 2.45) is 4.99 Å². The highest BCUT2D eigenvalue weighted by Gasteiger charge is 2.13. The maximum Gasteiger partial charge on any atom is 0.195 e. The first kappa shape index (κ1) is 20.2. The molecule has 0 bridgehead atoms. The van der Waals surface area contributed by atoms with Gasteiger partial charge in [0.25, 0.3) is 0 Å². The zero-order chi connectivity index (χ0) is 15.9. The van der Waals surface area contributed by atoms with Gasteiger partial charge >= 0.3 is 0 Å². The molecule has 0 amide bonds. The van der Waals surface area contributed by atoms with Gasteiger partial charge in [-0.1, -0.05) is 24.3 Å². The zero-order valence-corrected chi connectivity index (χ0v) is 17.0. The Bertz CT molecular complexity index is 489. The fourth-order valence-electron chi connectivity index (χ4n) is 2.70. The number of nitrogens with zero attached hydrogens (tertiary/aromatic N) is 4. The van der Waals surface area contributed by atoms with Gasteiger partial charge in [-0.3, -0.25) is 4.90 Å². The Morgan fingerprint density at radius 1 is 1.04 bits per heavy atom. The fraction of sp³-hybridized carbons (Fsp3) is 0.588. The maximum atomic E-state index is 5.42. The molecule has 0 unspecified atom stereocenters. The third kappa shape index (κ3) is 6.27. The number of halogens is 1. The molecule has 0 radical (unpaired) electrons. The number of benzene rings is 1. The number of guanidine groups is 1. The molecule has 6 heteroatoms. The summed E-state index contributed by atoms with van der Waals surface area (Å²) in [5.41, 5.74) is 2.67. The summed E-state index contributed by atoms with van der Waals surface area (Å²) in [4.78, 5) is 11.3. The summed E-state index contributed by atoms with van der Waals surface area (Å²) >= 11 is 0. The number of morpholine rings is 1. The highest BCUT2D eigenvalue weighted by molar-refractivity contribution is 14.0. The van der Waals surface area contributed by atoms with Gasteiger partial charge in [0.1, 0.15) is 0 Å². The highest BCUT2D eigenvalue weighted by Crippen LogP contribution is 2.14. The quantitative estimate of drug-likeness (QED) is 0.415. The van der Waals surface area contributed by atoms with Crippen molar-refractivity contribution in [3.8, 4) is 0 Å². The van der Waals surface area contributed by atoms with Crippen molar-refractivity contribution in [2.75, 3.05) is 54.5 Å². The van der Waals surface area contributed by atoms with E-state index in [2.05, 4.69) is 29.2 Å². The maximum absolute atomic E-state index is 5.42. The van der Waals surface area contributed by atoms with E-state index in [9.17, 15) is 0 Å². The van der Waals surface area contributed by atoms with E-state index in [1.54, 1.807) is 0 Å². The van der Waals surface area contributed by atoms with Crippen LogP contribution in [0.1, 0.15) is 11.1 Å². The van der Waals surface area contributed by atoms with Crippen LogP contribution >= 0.6 is 24.0 Å². The molecular weight excluding hydrogens is 403 g/mol. The van der Waals surface area contributed by atoms with Crippen molar-refractivity contribution in [1.29, 1.82) is 0 Å². The van der Waals surface area contributed by atoms with Gasteiger partial charge in [0, 0.05) is 47.8 Å². The topological polar surface area (TPSA) is 31.3 Å². The molecule has 0 saturated carbocycles. The van der Waals surface area contributed by atoms with E-state index in [-0.39, 0.29) is 24.0 Å². The van der Waals surface area contributed by atoms with Gasteiger partial charge in [-0.05, 0) is 11.1 Å². The second-order valence-electron chi connectivity index (χ2n) is 6.06. The van der Waals surface area contributed by atoms with Crippen LogP contribution in [0.3, 0.4) is 0 Å². The SMILES string of the molecule is CN(C)C(=NCc1ccccc1CN1CCOCC1)N(C)C.I. The van der Waals surface area contributed by atoms with Crippen LogP contribution in [0.5, 0.6) is 0 Å². The van der Waals surface area contributed by atoms with E-state index in [1.165, 1.54) is 11.1 Å². The molecule has 1 aliphatic heterocycles. The minimum atomic E-state index is 0. The molecule has 2 rings (SSSR count). The summed E-state index contributed by atoms with van der Waals surface area (Å²) in [7, 11) is 8.11. The molecule has 1 aromatic rings. The Kier molecular flexibility index (Phi) is 8.86. The molecule has 0 atom stereocenters. The van der Waals surface area contributed by atoms with Gasteiger partial charge in [0.05, 0.1) is 19.8 Å². The first-order chi connectivity index (χ1) is 10.6. The Morgan fingerprint density at radius 3 is 2.17 bits per heavy atom. The monoisotopic (exact) mass is 432 g/mol. The standard InChI is InChI=1S/C17H28N4O.HI/c1-19(2)17(20(3)4)18-13-15-7-5-6-8-16(15)14-21-9-11-22-12-10-21;/h5-8H,9-14H2,1-4H3;1H. The van der Waals surface area contributed by atoms with Crippen LogP contribution in [0.15, 0.2) is 29.3 Å². The lowest BCUT2D eigenvalue weighted by molar-refractivity contribution is 0.0341. The molecule has 0 aromatic heterocycles. The van der Waals surface area contributed by atoms with Crippen molar-refractivity contribution in [3.63, 3.8) is 0 Å². The summed E-state index contributed by atoms with van der Waals surface area (Å²) in [6.45, 7) is 5.40. The number of rotatable bonds is 4. The minimum absolute atomic E-state index is 0. The highest BCUT2D eigenvalue weighted by atomic mass is 127. The Hall–Kier alpha value is -0.860. The summed E-state index contributed by atoms with van der Waals surface area (Å²) in [5.74, 6) is 0.987. The van der Waals surface area contributed by atoms with Gasteiger partial charge in [-0.15, -0.1) is 24.0 Å². The Balaban J connectivity index is 0.00000264. The molecule has 0 aliphatic carbocycles. The Morgan fingerprint density at radius 2 is 1.61 bits per heavy atom. The van der Waals surface area contributed by atoms with E-state index in [0.717, 1.165) is 38.8 Å². The molecule has 1 aromatic carbocycles. The molecule has 1 aliphatic rings. The molecule has 23 heavy (non-hydrogen) atoms. The van der Waals surface area contributed by atoms with Crippen molar-refractivity contribution in [1.82, 2.24) is 14.7 Å². The predicted molar refractivity (Wildman–Crippen MR) is 106 cm³/mol. The molecule has 5 nitrogen and oxygen atoms in total.